The van der Waals surface area contributed by atoms with Gasteiger partial charge in [0.1, 0.15) is 17.3 Å². The van der Waals surface area contributed by atoms with Crippen molar-refractivity contribution in [3.63, 3.8) is 0 Å². The highest BCUT2D eigenvalue weighted by molar-refractivity contribution is 6.32. The molecule has 2 aromatic rings. The lowest BCUT2D eigenvalue weighted by Crippen LogP contribution is -2.29. The van der Waals surface area contributed by atoms with Crippen LogP contribution in [0.25, 0.3) is 0 Å². The number of methoxy groups -OCH3 is 1. The molecule has 0 bridgehead atoms. The van der Waals surface area contributed by atoms with Crippen LogP contribution in [0.5, 0.6) is 11.5 Å². The fourth-order valence-corrected chi connectivity index (χ4v) is 2.59. The summed E-state index contributed by atoms with van der Waals surface area (Å²) >= 11 is 5.88. The molecule has 134 valence electrons. The van der Waals surface area contributed by atoms with Gasteiger partial charge in [-0.05, 0) is 42.3 Å². The molecule has 4 nitrogen and oxygen atoms in total. The topological polar surface area (TPSA) is 47.6 Å². The summed E-state index contributed by atoms with van der Waals surface area (Å²) in [5, 5.41) is 3.16. The van der Waals surface area contributed by atoms with Crippen molar-refractivity contribution in [2.24, 2.45) is 0 Å². The molecule has 6 heteroatoms. The van der Waals surface area contributed by atoms with E-state index in [0.29, 0.717) is 5.75 Å². The van der Waals surface area contributed by atoms with Gasteiger partial charge in [-0.2, -0.15) is 0 Å². The van der Waals surface area contributed by atoms with Gasteiger partial charge < -0.3 is 14.8 Å². The molecule has 0 aliphatic rings. The molecule has 0 saturated carbocycles. The first-order chi connectivity index (χ1) is 12.0. The summed E-state index contributed by atoms with van der Waals surface area (Å²) in [5.74, 6) is 0.578. The molecule has 0 fully saturated rings. The standard InChI is InChI=1S/C19H21ClFNO3/c1-3-17(13-4-7-15(24-2)8-5-13)22-19(23)10-11-25-18-9-6-14(21)12-16(18)20/h4-9,12,17H,3,10-11H2,1-2H3,(H,22,23). The highest BCUT2D eigenvalue weighted by Crippen LogP contribution is 2.25. The van der Waals surface area contributed by atoms with Gasteiger partial charge in [-0.1, -0.05) is 30.7 Å². The van der Waals surface area contributed by atoms with Gasteiger partial charge in [-0.25, -0.2) is 4.39 Å². The molecule has 1 amide bonds. The van der Waals surface area contributed by atoms with Crippen LogP contribution in [0.1, 0.15) is 31.4 Å². The van der Waals surface area contributed by atoms with Gasteiger partial charge in [0, 0.05) is 0 Å². The first-order valence-electron chi connectivity index (χ1n) is 8.04. The molecule has 0 aromatic heterocycles. The Kier molecular flexibility index (Phi) is 7.07. The summed E-state index contributed by atoms with van der Waals surface area (Å²) in [6.45, 7) is 2.17. The molecular weight excluding hydrogens is 345 g/mol. The molecule has 0 radical (unpaired) electrons. The average Bonchev–Trinajstić information content (AvgIpc) is 2.61. The first-order valence-corrected chi connectivity index (χ1v) is 8.42. The minimum atomic E-state index is -0.430. The highest BCUT2D eigenvalue weighted by Gasteiger charge is 2.13. The summed E-state index contributed by atoms with van der Waals surface area (Å²) in [6.07, 6.45) is 0.947. The van der Waals surface area contributed by atoms with Crippen molar-refractivity contribution in [3.05, 3.63) is 58.9 Å². The van der Waals surface area contributed by atoms with Crippen LogP contribution in [0.3, 0.4) is 0 Å². The van der Waals surface area contributed by atoms with Crippen LogP contribution in [0.15, 0.2) is 42.5 Å². The van der Waals surface area contributed by atoms with Gasteiger partial charge in [0.25, 0.3) is 0 Å². The molecule has 1 N–H and O–H groups in total. The molecule has 1 atom stereocenters. The zero-order valence-electron chi connectivity index (χ0n) is 14.2. The largest absolute Gasteiger partial charge is 0.497 e. The van der Waals surface area contributed by atoms with Crippen molar-refractivity contribution in [1.82, 2.24) is 5.32 Å². The van der Waals surface area contributed by atoms with E-state index in [1.807, 2.05) is 31.2 Å². The second-order valence-corrected chi connectivity index (χ2v) is 5.88. The van der Waals surface area contributed by atoms with Crippen molar-refractivity contribution in [3.8, 4) is 11.5 Å². The third kappa shape index (κ3) is 5.64. The Hall–Kier alpha value is -2.27. The van der Waals surface area contributed by atoms with E-state index in [1.54, 1.807) is 7.11 Å². The maximum absolute atomic E-state index is 13.0. The summed E-state index contributed by atoms with van der Waals surface area (Å²) in [4.78, 5) is 12.1. The molecule has 2 rings (SSSR count). The number of hydrogen-bond donors (Lipinski definition) is 1. The highest BCUT2D eigenvalue weighted by atomic mass is 35.5. The van der Waals surface area contributed by atoms with E-state index in [-0.39, 0.29) is 30.0 Å². The lowest BCUT2D eigenvalue weighted by Gasteiger charge is -2.18. The Balaban J connectivity index is 1.85. The van der Waals surface area contributed by atoms with Crippen molar-refractivity contribution < 1.29 is 18.7 Å². The summed E-state index contributed by atoms with van der Waals surface area (Å²) in [7, 11) is 1.61. The van der Waals surface area contributed by atoms with E-state index in [2.05, 4.69) is 5.32 Å². The van der Waals surface area contributed by atoms with Gasteiger partial charge in [0.15, 0.2) is 0 Å². The van der Waals surface area contributed by atoms with Crippen molar-refractivity contribution in [1.29, 1.82) is 0 Å². The smallest absolute Gasteiger partial charge is 0.223 e. The summed E-state index contributed by atoms with van der Waals surface area (Å²) < 4.78 is 23.6. The third-order valence-corrected chi connectivity index (χ3v) is 4.04. The number of benzene rings is 2. The van der Waals surface area contributed by atoms with Gasteiger partial charge in [-0.3, -0.25) is 4.79 Å². The van der Waals surface area contributed by atoms with Crippen LogP contribution < -0.4 is 14.8 Å². The van der Waals surface area contributed by atoms with Crippen LogP contribution in [0.4, 0.5) is 4.39 Å². The summed E-state index contributed by atoms with van der Waals surface area (Å²) in [5.41, 5.74) is 1.01. The van der Waals surface area contributed by atoms with Crippen LogP contribution in [0.2, 0.25) is 5.02 Å². The van der Waals surface area contributed by atoms with Crippen molar-refractivity contribution in [2.45, 2.75) is 25.8 Å². The minimum Gasteiger partial charge on any atom is -0.497 e. The number of ether oxygens (including phenoxy) is 2. The number of nitrogens with one attached hydrogen (secondary N) is 1. The predicted octanol–water partition coefficient (Wildman–Crippen LogP) is 4.52. The molecule has 0 aliphatic heterocycles. The zero-order chi connectivity index (χ0) is 18.2. The number of rotatable bonds is 8. The second kappa shape index (κ2) is 9.28. The number of carbonyl (C=O) groups is 1. The fraction of sp³-hybridized carbons (Fsp3) is 0.316. The normalized spacial score (nSPS) is 11.7. The Labute approximate surface area is 151 Å². The quantitative estimate of drug-likeness (QED) is 0.748. The zero-order valence-corrected chi connectivity index (χ0v) is 15.0. The van der Waals surface area contributed by atoms with Gasteiger partial charge in [-0.15, -0.1) is 0 Å². The van der Waals surface area contributed by atoms with Crippen LogP contribution >= 0.6 is 11.6 Å². The molecule has 25 heavy (non-hydrogen) atoms. The Morgan fingerprint density at radius 2 is 1.96 bits per heavy atom. The number of amides is 1. The molecule has 0 spiro atoms. The van der Waals surface area contributed by atoms with Crippen LogP contribution in [-0.2, 0) is 4.79 Å². The number of hydrogen-bond acceptors (Lipinski definition) is 3. The van der Waals surface area contributed by atoms with E-state index in [1.165, 1.54) is 18.2 Å². The van der Waals surface area contributed by atoms with Gasteiger partial charge in [0.05, 0.1) is 31.2 Å². The monoisotopic (exact) mass is 365 g/mol. The van der Waals surface area contributed by atoms with Crippen molar-refractivity contribution in [2.75, 3.05) is 13.7 Å². The van der Waals surface area contributed by atoms with Crippen molar-refractivity contribution >= 4 is 17.5 Å². The minimum absolute atomic E-state index is 0.0761. The van der Waals surface area contributed by atoms with Crippen LogP contribution in [0, 0.1) is 5.82 Å². The van der Waals surface area contributed by atoms with E-state index in [9.17, 15) is 9.18 Å². The maximum Gasteiger partial charge on any atom is 0.223 e. The molecule has 0 saturated heterocycles. The average molecular weight is 366 g/mol. The van der Waals surface area contributed by atoms with Gasteiger partial charge in [0.2, 0.25) is 5.91 Å². The molecule has 0 heterocycles. The lowest BCUT2D eigenvalue weighted by atomic mass is 10.0. The van der Waals surface area contributed by atoms with Gasteiger partial charge >= 0.3 is 0 Å². The number of halogens is 2. The second-order valence-electron chi connectivity index (χ2n) is 5.47. The third-order valence-electron chi connectivity index (χ3n) is 3.74. The predicted molar refractivity (Wildman–Crippen MR) is 95.7 cm³/mol. The molecule has 1 unspecified atom stereocenters. The Morgan fingerprint density at radius 3 is 2.56 bits per heavy atom. The van der Waals surface area contributed by atoms with E-state index >= 15 is 0 Å². The van der Waals surface area contributed by atoms with Crippen LogP contribution in [-0.4, -0.2) is 19.6 Å². The van der Waals surface area contributed by atoms with E-state index < -0.39 is 5.82 Å². The fourth-order valence-electron chi connectivity index (χ4n) is 2.37. The SMILES string of the molecule is CCC(NC(=O)CCOc1ccc(F)cc1Cl)c1ccc(OC)cc1. The molecular formula is C19H21ClFNO3. The molecule has 2 aromatic carbocycles. The number of carbonyl (C=O) groups excluding carboxylic acids is 1. The lowest BCUT2D eigenvalue weighted by molar-refractivity contribution is -0.122. The molecule has 0 aliphatic carbocycles. The van der Waals surface area contributed by atoms with E-state index in [4.69, 9.17) is 21.1 Å². The maximum atomic E-state index is 13.0. The Bertz CT molecular complexity index is 706. The van der Waals surface area contributed by atoms with E-state index in [0.717, 1.165) is 17.7 Å². The Morgan fingerprint density at radius 1 is 1.24 bits per heavy atom. The summed E-state index contributed by atoms with van der Waals surface area (Å²) in [6, 6.07) is 11.4. The first kappa shape index (κ1) is 19.1.